The number of hydrogen-bond acceptors (Lipinski definition) is 3. The highest BCUT2D eigenvalue weighted by molar-refractivity contribution is 7.89. The average molecular weight is 280 g/mol. The van der Waals surface area contributed by atoms with Gasteiger partial charge in [0.05, 0.1) is 10.8 Å². The zero-order chi connectivity index (χ0) is 11.8. The van der Waals surface area contributed by atoms with E-state index in [9.17, 15) is 8.42 Å². The van der Waals surface area contributed by atoms with E-state index in [0.717, 1.165) is 24.1 Å². The smallest absolute Gasteiger partial charge is 0.207 e. The summed E-state index contributed by atoms with van der Waals surface area (Å²) in [5, 5.41) is 1.67. The normalized spacial score (nSPS) is 17.7. The Labute approximate surface area is 105 Å². The molecule has 90 valence electrons. The molecule has 1 fully saturated rings. The second-order valence-corrected chi connectivity index (χ2v) is 7.25. The van der Waals surface area contributed by atoms with Crippen LogP contribution >= 0.6 is 22.9 Å². The molecule has 0 aromatic carbocycles. The zero-order valence-corrected chi connectivity index (χ0v) is 11.4. The predicted octanol–water partition coefficient (Wildman–Crippen LogP) is 2.66. The van der Waals surface area contributed by atoms with Crippen LogP contribution < -0.4 is 0 Å². The number of thiophene rings is 1. The highest BCUT2D eigenvalue weighted by atomic mass is 35.5. The third-order valence-corrected chi connectivity index (χ3v) is 6.45. The molecule has 0 atom stereocenters. The fraction of sp³-hybridized carbons (Fsp3) is 0.600. The molecule has 1 saturated carbocycles. The largest absolute Gasteiger partial charge is 0.243 e. The van der Waals surface area contributed by atoms with Crippen molar-refractivity contribution in [2.75, 3.05) is 7.05 Å². The van der Waals surface area contributed by atoms with Crippen LogP contribution in [0.4, 0.5) is 0 Å². The van der Waals surface area contributed by atoms with Crippen LogP contribution in [0.1, 0.15) is 24.1 Å². The summed E-state index contributed by atoms with van der Waals surface area (Å²) in [5.41, 5.74) is 0. The topological polar surface area (TPSA) is 37.4 Å². The molecule has 0 amide bonds. The van der Waals surface area contributed by atoms with Crippen molar-refractivity contribution in [3.63, 3.8) is 0 Å². The maximum absolute atomic E-state index is 12.2. The number of nitrogens with zero attached hydrogens (tertiary/aromatic N) is 1. The lowest BCUT2D eigenvalue weighted by Crippen LogP contribution is -2.41. The van der Waals surface area contributed by atoms with Gasteiger partial charge >= 0.3 is 0 Å². The summed E-state index contributed by atoms with van der Waals surface area (Å²) in [6.07, 6.45) is 3.07. The van der Waals surface area contributed by atoms with E-state index in [1.807, 2.05) is 0 Å². The van der Waals surface area contributed by atoms with Gasteiger partial charge in [0.2, 0.25) is 10.0 Å². The lowest BCUT2D eigenvalue weighted by Gasteiger charge is -2.33. The molecule has 1 aliphatic rings. The van der Waals surface area contributed by atoms with Crippen LogP contribution in [0.15, 0.2) is 16.3 Å². The molecule has 0 N–H and O–H groups in total. The first-order valence-corrected chi connectivity index (χ1v) is 8.02. The van der Waals surface area contributed by atoms with Crippen LogP contribution in [-0.4, -0.2) is 25.8 Å². The van der Waals surface area contributed by atoms with Gasteiger partial charge in [0.1, 0.15) is 0 Å². The molecule has 3 nitrogen and oxygen atoms in total. The van der Waals surface area contributed by atoms with Gasteiger partial charge in [-0.3, -0.25) is 0 Å². The van der Waals surface area contributed by atoms with Crippen molar-refractivity contribution in [2.45, 2.75) is 36.1 Å². The quantitative estimate of drug-likeness (QED) is 0.795. The molecule has 1 aromatic heterocycles. The summed E-state index contributed by atoms with van der Waals surface area (Å²) in [5.74, 6) is 0.368. The van der Waals surface area contributed by atoms with Gasteiger partial charge < -0.3 is 0 Å². The summed E-state index contributed by atoms with van der Waals surface area (Å²) >= 11 is 7.07. The molecule has 0 unspecified atom stereocenters. The summed E-state index contributed by atoms with van der Waals surface area (Å²) in [6.45, 7) is 0. The highest BCUT2D eigenvalue weighted by Gasteiger charge is 2.32. The molecule has 6 heteroatoms. The molecule has 1 aliphatic carbocycles. The monoisotopic (exact) mass is 279 g/mol. The Kier molecular flexibility index (Phi) is 3.59. The Balaban J connectivity index is 2.23. The summed E-state index contributed by atoms with van der Waals surface area (Å²) in [6, 6.07) is 1.85. The molecular weight excluding hydrogens is 266 g/mol. The fourth-order valence-corrected chi connectivity index (χ4v) is 4.47. The Morgan fingerprint density at radius 2 is 2.25 bits per heavy atom. The summed E-state index contributed by atoms with van der Waals surface area (Å²) < 4.78 is 25.9. The second-order valence-electron chi connectivity index (χ2n) is 3.99. The minimum Gasteiger partial charge on any atom is -0.207 e. The van der Waals surface area contributed by atoms with Crippen molar-refractivity contribution in [2.24, 2.45) is 0 Å². The molecule has 1 aromatic rings. The van der Waals surface area contributed by atoms with Gasteiger partial charge in [0.15, 0.2) is 0 Å². The van der Waals surface area contributed by atoms with Crippen LogP contribution in [0.3, 0.4) is 0 Å². The van der Waals surface area contributed by atoms with E-state index in [2.05, 4.69) is 0 Å². The number of rotatable bonds is 4. The van der Waals surface area contributed by atoms with Crippen molar-refractivity contribution in [1.82, 2.24) is 4.31 Å². The van der Waals surface area contributed by atoms with Gasteiger partial charge in [0, 0.05) is 23.3 Å². The fourth-order valence-electron chi connectivity index (χ4n) is 1.68. The minimum absolute atomic E-state index is 0.185. The minimum atomic E-state index is -3.30. The molecular formula is C10H14ClNO2S2. The van der Waals surface area contributed by atoms with E-state index in [-0.39, 0.29) is 6.04 Å². The Bertz CT molecular complexity index is 465. The van der Waals surface area contributed by atoms with Gasteiger partial charge in [-0.2, -0.15) is 4.31 Å². The Morgan fingerprint density at radius 3 is 2.69 bits per heavy atom. The number of halogens is 1. The maximum Gasteiger partial charge on any atom is 0.243 e. The van der Waals surface area contributed by atoms with Crippen LogP contribution in [0.25, 0.3) is 0 Å². The van der Waals surface area contributed by atoms with E-state index >= 15 is 0 Å². The third-order valence-electron chi connectivity index (χ3n) is 3.03. The van der Waals surface area contributed by atoms with Gasteiger partial charge in [0.25, 0.3) is 0 Å². The maximum atomic E-state index is 12.2. The van der Waals surface area contributed by atoms with Crippen LogP contribution in [0.5, 0.6) is 0 Å². The zero-order valence-electron chi connectivity index (χ0n) is 9.02. The van der Waals surface area contributed by atoms with E-state index in [4.69, 9.17) is 11.6 Å². The van der Waals surface area contributed by atoms with Crippen molar-refractivity contribution in [1.29, 1.82) is 0 Å². The van der Waals surface area contributed by atoms with E-state index in [0.29, 0.717) is 10.8 Å². The lowest BCUT2D eigenvalue weighted by atomic mass is 9.94. The molecule has 16 heavy (non-hydrogen) atoms. The molecule has 2 rings (SSSR count). The Morgan fingerprint density at radius 1 is 1.56 bits per heavy atom. The first kappa shape index (κ1) is 12.4. The molecule has 0 aliphatic heterocycles. The molecule has 0 radical (unpaired) electrons. The predicted molar refractivity (Wildman–Crippen MR) is 66.5 cm³/mol. The van der Waals surface area contributed by atoms with Gasteiger partial charge in [-0.05, 0) is 18.9 Å². The van der Waals surface area contributed by atoms with Gasteiger partial charge in [-0.25, -0.2) is 8.42 Å². The van der Waals surface area contributed by atoms with Crippen LogP contribution in [0, 0.1) is 0 Å². The van der Waals surface area contributed by atoms with Crippen LogP contribution in [-0.2, 0) is 15.9 Å². The summed E-state index contributed by atoms with van der Waals surface area (Å²) in [4.78, 5) is 1.27. The first-order chi connectivity index (χ1) is 7.55. The van der Waals surface area contributed by atoms with E-state index < -0.39 is 10.0 Å². The average Bonchev–Trinajstić information content (AvgIpc) is 2.63. The number of alkyl halides is 1. The SMILES string of the molecule is CN(C1CCC1)S(=O)(=O)c1csc(CCl)c1. The van der Waals surface area contributed by atoms with E-state index in [1.165, 1.54) is 15.6 Å². The van der Waals surface area contributed by atoms with Crippen molar-refractivity contribution in [3.05, 3.63) is 16.3 Å². The first-order valence-electron chi connectivity index (χ1n) is 5.17. The van der Waals surface area contributed by atoms with Crippen molar-refractivity contribution < 1.29 is 8.42 Å². The third kappa shape index (κ3) is 2.14. The standard InChI is InChI=1S/C10H14ClNO2S2/c1-12(8-3-2-4-8)16(13,14)10-5-9(6-11)15-7-10/h5,7-8H,2-4,6H2,1H3. The van der Waals surface area contributed by atoms with Gasteiger partial charge in [-0.15, -0.1) is 22.9 Å². The van der Waals surface area contributed by atoms with Gasteiger partial charge in [-0.1, -0.05) is 6.42 Å². The molecule has 0 spiro atoms. The lowest BCUT2D eigenvalue weighted by molar-refractivity contribution is 0.250. The number of hydrogen-bond donors (Lipinski definition) is 0. The molecule has 0 bridgehead atoms. The molecule has 0 saturated heterocycles. The highest BCUT2D eigenvalue weighted by Crippen LogP contribution is 2.30. The number of sulfonamides is 1. The van der Waals surface area contributed by atoms with Crippen molar-refractivity contribution in [3.8, 4) is 0 Å². The Hall–Kier alpha value is -0.100. The molecule has 1 heterocycles. The van der Waals surface area contributed by atoms with E-state index in [1.54, 1.807) is 18.5 Å². The second kappa shape index (κ2) is 4.64. The van der Waals surface area contributed by atoms with Crippen LogP contribution in [0.2, 0.25) is 0 Å². The van der Waals surface area contributed by atoms with Crippen molar-refractivity contribution >= 4 is 33.0 Å². The summed E-state index contributed by atoms with van der Waals surface area (Å²) in [7, 11) is -1.64.